The Bertz CT molecular complexity index is 6180. The molecule has 4 aromatic heterocycles. The van der Waals surface area contributed by atoms with Crippen LogP contribution in [0, 0.1) is 0 Å². The largest absolute Gasteiger partial charge is 0.412 e. The molecule has 0 spiro atoms. The molecule has 17 aromatic rings. The van der Waals surface area contributed by atoms with Crippen LogP contribution in [0.4, 0.5) is 34.1 Å². The lowest BCUT2D eigenvalue weighted by atomic mass is 9.71. The Labute approximate surface area is 588 Å². The van der Waals surface area contributed by atoms with Gasteiger partial charge in [0, 0.05) is 69.9 Å². The third-order valence-corrected chi connectivity index (χ3v) is 21.4. The van der Waals surface area contributed by atoms with E-state index in [1.165, 1.54) is 98.4 Å². The Morgan fingerprint density at radius 3 is 1.44 bits per heavy atom. The molecule has 0 saturated heterocycles. The second-order valence-electron chi connectivity index (χ2n) is 25.9. The normalized spacial score (nSPS) is 13.5. The molecule has 0 fully saturated rings. The fourth-order valence-corrected chi connectivity index (χ4v) is 16.9. The van der Waals surface area contributed by atoms with Crippen molar-refractivity contribution in [2.24, 2.45) is 0 Å². The van der Waals surface area contributed by atoms with Crippen LogP contribution in [0.5, 0.6) is 0 Å². The molecule has 4 aliphatic heterocycles. The average molecular weight is 1310 g/mol. The Morgan fingerprint density at radius 2 is 0.752 bits per heavy atom. The highest BCUT2D eigenvalue weighted by atomic mass is 32.1. The number of nitrogens with zero attached hydrogens (tertiary/aromatic N) is 9. The molecule has 0 aliphatic carbocycles. The van der Waals surface area contributed by atoms with Crippen LogP contribution in [0.15, 0.2) is 358 Å². The van der Waals surface area contributed by atoms with Gasteiger partial charge in [0.2, 0.25) is 5.95 Å². The van der Waals surface area contributed by atoms with Gasteiger partial charge in [0.25, 0.3) is 0 Å². The number of fused-ring (bicyclic) bond motifs is 15. The fraction of sp³-hybridized carbons (Fsp3) is 0. The quantitative estimate of drug-likeness (QED) is 0.133. The summed E-state index contributed by atoms with van der Waals surface area (Å²) < 4.78 is 7.25. The molecule has 0 unspecified atom stereocenters. The summed E-state index contributed by atoms with van der Waals surface area (Å²) >= 11 is 1.88. The Morgan fingerprint density at radius 1 is 0.277 bits per heavy atom. The van der Waals surface area contributed by atoms with Crippen LogP contribution in [-0.2, 0) is 0 Å². The van der Waals surface area contributed by atoms with Gasteiger partial charge in [-0.2, -0.15) is 9.97 Å². The van der Waals surface area contributed by atoms with E-state index >= 15 is 0 Å². The summed E-state index contributed by atoms with van der Waals surface area (Å²) in [6, 6.07) is 111. The van der Waals surface area contributed by atoms with Crippen molar-refractivity contribution in [1.29, 1.82) is 0 Å². The first-order chi connectivity index (χ1) is 50.1. The van der Waals surface area contributed by atoms with E-state index in [0.29, 0.717) is 17.6 Å². The zero-order chi connectivity index (χ0) is 66.5. The Balaban J connectivity index is 0.000000136. The maximum Gasteiger partial charge on any atom is 0.412 e. The lowest BCUT2D eigenvalue weighted by Gasteiger charge is -2.27. The lowest BCUT2D eigenvalue weighted by molar-refractivity contribution is 0.953. The maximum atomic E-state index is 5.08. The predicted octanol–water partition coefficient (Wildman–Crippen LogP) is 22.6. The summed E-state index contributed by atoms with van der Waals surface area (Å²) in [5, 5.41) is 7.50. The lowest BCUT2D eigenvalue weighted by Crippen LogP contribution is -2.42. The van der Waals surface area contributed by atoms with E-state index in [0.717, 1.165) is 49.7 Å². The van der Waals surface area contributed by atoms with E-state index < -0.39 is 0 Å². The molecule has 0 atom stereocenters. The molecule has 0 saturated carbocycles. The van der Waals surface area contributed by atoms with Gasteiger partial charge in [-0.15, -0.1) is 11.3 Å². The number of aromatic nitrogens is 5. The molecular formula is C89H59B2N9S. The molecule has 0 radical (unpaired) electrons. The van der Waals surface area contributed by atoms with Gasteiger partial charge in [-0.1, -0.05) is 236 Å². The summed E-state index contributed by atoms with van der Waals surface area (Å²) in [5.74, 6) is 6.41. The van der Waals surface area contributed by atoms with Gasteiger partial charge in [-0.05, 0) is 155 Å². The first-order valence-electron chi connectivity index (χ1n) is 34.3. The average Bonchev–Trinajstić information content (AvgIpc) is 1.59. The standard InChI is InChI=1S/C46H30BN3S.C43H29BN6/c1-4-21-41-37(16-1)38-17-2-5-22-42(38)49(41)34-24-25-43-44(30-34)48-27-8-7-26-47(48)50(43)35-15-10-13-32(29-35)31-12-9-14-33(28-31)36-19-11-20-40-39-18-3-6-23-45(39)51-46(36)40;1-4-14-30(15-5-1)41-45-42(31-16-6-2-7-17-31)47-43(46-41)49-37-21-11-10-20-35(37)36-28-32(22-24-38(36)49)33-23-25-39-40(29-33)48-27-13-12-26-44(48)50(39)34-18-8-3-9-19-34/h1-30H;1-29H. The monoisotopic (exact) mass is 1310 g/mol. The first-order valence-corrected chi connectivity index (χ1v) is 35.1. The van der Waals surface area contributed by atoms with E-state index in [-0.39, 0.29) is 14.0 Å². The van der Waals surface area contributed by atoms with Gasteiger partial charge in [-0.25, -0.2) is 4.98 Å². The zero-order valence-electron chi connectivity index (χ0n) is 54.7. The minimum atomic E-state index is 0.0468. The van der Waals surface area contributed by atoms with Gasteiger partial charge in [-0.3, -0.25) is 4.57 Å². The number of rotatable bonds is 9. The first kappa shape index (κ1) is 58.2. The molecule has 9 nitrogen and oxygen atoms in total. The van der Waals surface area contributed by atoms with Crippen LogP contribution in [-0.4, -0.2) is 38.1 Å². The molecule has 0 bridgehead atoms. The van der Waals surface area contributed by atoms with Crippen molar-refractivity contribution in [2.45, 2.75) is 0 Å². The minimum Gasteiger partial charge on any atom is -0.366 e. The third-order valence-electron chi connectivity index (χ3n) is 20.2. The van der Waals surface area contributed by atoms with Gasteiger partial charge >= 0.3 is 14.0 Å². The highest BCUT2D eigenvalue weighted by Gasteiger charge is 2.41. The molecule has 8 heterocycles. The van der Waals surface area contributed by atoms with Crippen molar-refractivity contribution in [1.82, 2.24) is 24.1 Å². The molecule has 4 aliphatic rings. The molecule has 0 N–H and O–H groups in total. The maximum absolute atomic E-state index is 5.08. The van der Waals surface area contributed by atoms with Crippen LogP contribution in [0.1, 0.15) is 0 Å². The molecular weight excluding hydrogens is 1250 g/mol. The Hall–Kier alpha value is -13.0. The topological polar surface area (TPSA) is 61.5 Å². The van der Waals surface area contributed by atoms with Crippen LogP contribution in [0.3, 0.4) is 0 Å². The summed E-state index contributed by atoms with van der Waals surface area (Å²) in [5.41, 5.74) is 22.0. The number of thiophene rings is 1. The molecule has 12 heteroatoms. The highest BCUT2D eigenvalue weighted by Crippen LogP contribution is 2.49. The highest BCUT2D eigenvalue weighted by molar-refractivity contribution is 7.26. The van der Waals surface area contributed by atoms with Crippen molar-refractivity contribution in [3.8, 4) is 67.8 Å². The van der Waals surface area contributed by atoms with Crippen LogP contribution in [0.25, 0.3) is 132 Å². The van der Waals surface area contributed by atoms with Gasteiger partial charge < -0.3 is 23.8 Å². The van der Waals surface area contributed by atoms with Crippen molar-refractivity contribution in [3.63, 3.8) is 0 Å². The van der Waals surface area contributed by atoms with Gasteiger partial charge in [0.05, 0.1) is 44.8 Å². The number of hydrogen-bond donors (Lipinski definition) is 0. The number of hydrogen-bond acceptors (Lipinski definition) is 8. The number of para-hydroxylation sites is 4. The minimum absolute atomic E-state index is 0.0468. The van der Waals surface area contributed by atoms with E-state index in [2.05, 4.69) is 326 Å². The molecule has 13 aromatic carbocycles. The van der Waals surface area contributed by atoms with Crippen molar-refractivity contribution in [2.75, 3.05) is 19.2 Å². The molecule has 21 rings (SSSR count). The van der Waals surface area contributed by atoms with Gasteiger partial charge in [0.15, 0.2) is 11.6 Å². The summed E-state index contributed by atoms with van der Waals surface area (Å²) in [6.45, 7) is 0.139. The summed E-state index contributed by atoms with van der Waals surface area (Å²) in [4.78, 5) is 24.7. The van der Waals surface area contributed by atoms with Crippen LogP contribution in [0.2, 0.25) is 0 Å². The molecule has 101 heavy (non-hydrogen) atoms. The second kappa shape index (κ2) is 23.9. The van der Waals surface area contributed by atoms with Crippen LogP contribution >= 0.6 is 11.3 Å². The number of benzene rings is 13. The van der Waals surface area contributed by atoms with Crippen molar-refractivity contribution in [3.05, 3.63) is 358 Å². The summed E-state index contributed by atoms with van der Waals surface area (Å²) in [6.07, 6.45) is 12.9. The van der Waals surface area contributed by atoms with Gasteiger partial charge in [0.1, 0.15) is 0 Å². The van der Waals surface area contributed by atoms with Crippen molar-refractivity contribution >= 4 is 123 Å². The predicted molar refractivity (Wildman–Crippen MR) is 425 cm³/mol. The second-order valence-corrected chi connectivity index (χ2v) is 27.0. The van der Waals surface area contributed by atoms with E-state index in [9.17, 15) is 0 Å². The zero-order valence-corrected chi connectivity index (χ0v) is 55.5. The Kier molecular flexibility index (Phi) is 13.8. The smallest absolute Gasteiger partial charge is 0.366 e. The molecule has 472 valence electrons. The SMILES string of the molecule is C1=CB2N(C=C1)c1cc(-c3ccc4c(c3)c3ccccc3n4-c3nc(-c4ccccc4)nc(-c4ccccc4)n3)ccc1N2c1ccccc1.C1=CB2N(C=C1)c1cc(-n3c4ccccc4c4ccccc43)ccc1N2c1cccc(-c2cccc(-c3cccc4c3sc3ccccc34)c2)c1. The third kappa shape index (κ3) is 9.74. The fourth-order valence-electron chi connectivity index (χ4n) is 15.6. The summed E-state index contributed by atoms with van der Waals surface area (Å²) in [7, 11) is 0. The van der Waals surface area contributed by atoms with E-state index in [4.69, 9.17) is 15.0 Å². The van der Waals surface area contributed by atoms with Crippen LogP contribution < -0.4 is 19.2 Å². The van der Waals surface area contributed by atoms with Crippen molar-refractivity contribution < 1.29 is 0 Å². The number of allylic oxidation sites excluding steroid dienone is 4. The molecule has 0 amide bonds. The number of anilines is 6. The van der Waals surface area contributed by atoms with E-state index in [1.807, 2.05) is 72.0 Å². The van der Waals surface area contributed by atoms with E-state index in [1.54, 1.807) is 0 Å².